The molecule has 24 heavy (non-hydrogen) atoms. The fourth-order valence-electron chi connectivity index (χ4n) is 2.59. The van der Waals surface area contributed by atoms with E-state index in [0.29, 0.717) is 22.4 Å². The van der Waals surface area contributed by atoms with E-state index in [-0.39, 0.29) is 23.4 Å². The minimum absolute atomic E-state index is 0.0850. The summed E-state index contributed by atoms with van der Waals surface area (Å²) in [5.41, 5.74) is 0.170. The lowest BCUT2D eigenvalue weighted by Gasteiger charge is -2.11. The minimum Gasteiger partial charge on any atom is -0.493 e. The van der Waals surface area contributed by atoms with Gasteiger partial charge in [0.2, 0.25) is 5.82 Å². The number of carboxylic acid groups (broad SMARTS) is 1. The molecule has 8 heteroatoms. The molecule has 0 radical (unpaired) electrons. The highest BCUT2D eigenvalue weighted by Gasteiger charge is 2.17. The van der Waals surface area contributed by atoms with Crippen molar-refractivity contribution in [3.05, 3.63) is 34.4 Å². The lowest BCUT2D eigenvalue weighted by molar-refractivity contribution is 0.0676. The van der Waals surface area contributed by atoms with Crippen LogP contribution in [-0.4, -0.2) is 39.8 Å². The van der Waals surface area contributed by atoms with Gasteiger partial charge in [0, 0.05) is 18.0 Å². The average Bonchev–Trinajstić information content (AvgIpc) is 2.58. The van der Waals surface area contributed by atoms with Crippen LogP contribution in [0.5, 0.6) is 11.5 Å². The average molecular weight is 329 g/mol. The van der Waals surface area contributed by atoms with Gasteiger partial charge in [-0.2, -0.15) is 0 Å². The summed E-state index contributed by atoms with van der Waals surface area (Å²) >= 11 is 0. The van der Waals surface area contributed by atoms with Crippen molar-refractivity contribution in [3.63, 3.8) is 0 Å². The Labute approximate surface area is 136 Å². The summed E-state index contributed by atoms with van der Waals surface area (Å²) in [4.78, 5) is 32.3. The highest BCUT2D eigenvalue weighted by atomic mass is 16.5. The number of pyridine rings is 1. The standard InChI is InChI=1S/C16H15N3O5/c1-4-19-14(16(21)22)18-13-9(15(19)20)5-8-6-11(23-2)12(24-3)7-10(8)17-13/h5-7H,4H2,1-3H3,(H,21,22). The van der Waals surface area contributed by atoms with Gasteiger partial charge in [-0.25, -0.2) is 14.8 Å². The summed E-state index contributed by atoms with van der Waals surface area (Å²) in [7, 11) is 3.02. The number of ether oxygens (including phenoxy) is 2. The van der Waals surface area contributed by atoms with Gasteiger partial charge in [-0.1, -0.05) is 0 Å². The Balaban J connectivity index is 2.42. The molecule has 3 aromatic rings. The zero-order chi connectivity index (χ0) is 17.4. The van der Waals surface area contributed by atoms with Crippen molar-refractivity contribution < 1.29 is 19.4 Å². The summed E-state index contributed by atoms with van der Waals surface area (Å²) in [5.74, 6) is -0.610. The first-order chi connectivity index (χ1) is 11.5. The van der Waals surface area contributed by atoms with Crippen LogP contribution in [0.2, 0.25) is 0 Å². The summed E-state index contributed by atoms with van der Waals surface area (Å²) in [6, 6.07) is 5.00. The van der Waals surface area contributed by atoms with Gasteiger partial charge < -0.3 is 14.6 Å². The Hall–Kier alpha value is -3.16. The molecule has 0 atom stereocenters. The van der Waals surface area contributed by atoms with Crippen LogP contribution in [0.3, 0.4) is 0 Å². The number of aromatic carboxylic acids is 1. The lowest BCUT2D eigenvalue weighted by Crippen LogP contribution is -2.27. The molecule has 0 amide bonds. The Morgan fingerprint density at radius 3 is 2.42 bits per heavy atom. The predicted molar refractivity (Wildman–Crippen MR) is 87.0 cm³/mol. The van der Waals surface area contributed by atoms with E-state index in [4.69, 9.17) is 9.47 Å². The molecule has 0 aliphatic heterocycles. The largest absolute Gasteiger partial charge is 0.493 e. The van der Waals surface area contributed by atoms with Crippen LogP contribution in [0.1, 0.15) is 17.5 Å². The number of aromatic nitrogens is 3. The zero-order valence-electron chi connectivity index (χ0n) is 13.4. The third-order valence-electron chi connectivity index (χ3n) is 3.75. The number of nitrogens with zero attached hydrogens (tertiary/aromatic N) is 3. The number of rotatable bonds is 4. The van der Waals surface area contributed by atoms with Crippen LogP contribution in [0, 0.1) is 0 Å². The maximum absolute atomic E-state index is 12.6. The van der Waals surface area contributed by atoms with Gasteiger partial charge in [-0.15, -0.1) is 0 Å². The second-order valence-electron chi connectivity index (χ2n) is 5.05. The molecule has 0 fully saturated rings. The molecular formula is C16H15N3O5. The highest BCUT2D eigenvalue weighted by Crippen LogP contribution is 2.32. The van der Waals surface area contributed by atoms with Crippen molar-refractivity contribution in [2.24, 2.45) is 0 Å². The third-order valence-corrected chi connectivity index (χ3v) is 3.75. The molecule has 0 bridgehead atoms. The van der Waals surface area contributed by atoms with E-state index in [1.165, 1.54) is 14.2 Å². The number of methoxy groups -OCH3 is 2. The Kier molecular flexibility index (Phi) is 3.80. The van der Waals surface area contributed by atoms with Gasteiger partial charge in [0.15, 0.2) is 17.1 Å². The number of benzene rings is 1. The smallest absolute Gasteiger partial charge is 0.372 e. The van der Waals surface area contributed by atoms with Crippen LogP contribution in [0.4, 0.5) is 0 Å². The van der Waals surface area contributed by atoms with Crippen LogP contribution in [0.25, 0.3) is 21.9 Å². The number of hydrogen-bond donors (Lipinski definition) is 1. The highest BCUT2D eigenvalue weighted by molar-refractivity contribution is 5.94. The SMILES string of the molecule is CCn1c(C(=O)O)nc2nc3cc(OC)c(OC)cc3cc2c1=O. The second kappa shape index (κ2) is 5.80. The topological polar surface area (TPSA) is 104 Å². The van der Waals surface area contributed by atoms with Gasteiger partial charge in [0.05, 0.1) is 25.1 Å². The number of hydrogen-bond acceptors (Lipinski definition) is 6. The molecular weight excluding hydrogens is 314 g/mol. The molecule has 1 aromatic carbocycles. The molecule has 1 N–H and O–H groups in total. The van der Waals surface area contributed by atoms with Crippen molar-refractivity contribution in [2.45, 2.75) is 13.5 Å². The molecule has 0 unspecified atom stereocenters. The fraction of sp³-hybridized carbons (Fsp3) is 0.250. The molecule has 2 aromatic heterocycles. The Morgan fingerprint density at radius 1 is 1.17 bits per heavy atom. The van der Waals surface area contributed by atoms with E-state index in [2.05, 4.69) is 9.97 Å². The summed E-state index contributed by atoms with van der Waals surface area (Å²) in [6.45, 7) is 1.89. The summed E-state index contributed by atoms with van der Waals surface area (Å²) in [5, 5.41) is 10.2. The zero-order valence-corrected chi connectivity index (χ0v) is 13.4. The van der Waals surface area contributed by atoms with Gasteiger partial charge in [-0.3, -0.25) is 9.36 Å². The Morgan fingerprint density at radius 2 is 1.83 bits per heavy atom. The van der Waals surface area contributed by atoms with E-state index >= 15 is 0 Å². The first kappa shape index (κ1) is 15.7. The van der Waals surface area contributed by atoms with E-state index < -0.39 is 11.5 Å². The molecule has 2 heterocycles. The molecule has 0 aliphatic rings. The molecule has 8 nitrogen and oxygen atoms in total. The normalized spacial score (nSPS) is 11.0. The van der Waals surface area contributed by atoms with Crippen LogP contribution >= 0.6 is 0 Å². The van der Waals surface area contributed by atoms with Crippen molar-refractivity contribution in [1.29, 1.82) is 0 Å². The number of fused-ring (bicyclic) bond motifs is 2. The van der Waals surface area contributed by atoms with Gasteiger partial charge in [-0.05, 0) is 19.1 Å². The maximum Gasteiger partial charge on any atom is 0.372 e. The van der Waals surface area contributed by atoms with Crippen LogP contribution in [-0.2, 0) is 6.54 Å². The fourth-order valence-corrected chi connectivity index (χ4v) is 2.59. The maximum atomic E-state index is 12.6. The van der Waals surface area contributed by atoms with E-state index in [1.807, 2.05) is 0 Å². The number of carboxylic acids is 1. The van der Waals surface area contributed by atoms with Crippen molar-refractivity contribution in [2.75, 3.05) is 14.2 Å². The van der Waals surface area contributed by atoms with Crippen molar-refractivity contribution >= 4 is 27.9 Å². The number of carbonyl (C=O) groups is 1. The van der Waals surface area contributed by atoms with Gasteiger partial charge in [0.1, 0.15) is 0 Å². The van der Waals surface area contributed by atoms with Crippen molar-refractivity contribution in [3.8, 4) is 11.5 Å². The van der Waals surface area contributed by atoms with Gasteiger partial charge in [0.25, 0.3) is 5.56 Å². The van der Waals surface area contributed by atoms with E-state index in [0.717, 1.165) is 4.57 Å². The van der Waals surface area contributed by atoms with Crippen LogP contribution < -0.4 is 15.0 Å². The quantitative estimate of drug-likeness (QED) is 0.726. The molecule has 124 valence electrons. The second-order valence-corrected chi connectivity index (χ2v) is 5.05. The molecule has 0 saturated carbocycles. The monoisotopic (exact) mass is 329 g/mol. The Bertz CT molecular complexity index is 1030. The first-order valence-electron chi connectivity index (χ1n) is 7.20. The first-order valence-corrected chi connectivity index (χ1v) is 7.20. The third kappa shape index (κ3) is 2.32. The van der Waals surface area contributed by atoms with E-state index in [1.54, 1.807) is 25.1 Å². The molecule has 0 saturated heterocycles. The summed E-state index contributed by atoms with van der Waals surface area (Å²) < 4.78 is 11.6. The predicted octanol–water partition coefficient (Wildman–Crippen LogP) is 1.68. The van der Waals surface area contributed by atoms with E-state index in [9.17, 15) is 14.7 Å². The molecule has 0 spiro atoms. The van der Waals surface area contributed by atoms with Crippen LogP contribution in [0.15, 0.2) is 23.0 Å². The molecule has 3 rings (SSSR count). The lowest BCUT2D eigenvalue weighted by atomic mass is 10.1. The van der Waals surface area contributed by atoms with Gasteiger partial charge >= 0.3 is 5.97 Å². The summed E-state index contributed by atoms with van der Waals surface area (Å²) in [6.07, 6.45) is 0. The molecule has 0 aliphatic carbocycles. The van der Waals surface area contributed by atoms with Crippen molar-refractivity contribution in [1.82, 2.24) is 14.5 Å². The minimum atomic E-state index is -1.27.